The molecule has 0 aromatic heterocycles. The zero-order valence-corrected chi connectivity index (χ0v) is 28.3. The molecular formula is C52H30. The van der Waals surface area contributed by atoms with Gasteiger partial charge in [0.1, 0.15) is 0 Å². The van der Waals surface area contributed by atoms with E-state index in [9.17, 15) is 0 Å². The van der Waals surface area contributed by atoms with Gasteiger partial charge in [-0.25, -0.2) is 0 Å². The molecule has 0 aliphatic heterocycles. The van der Waals surface area contributed by atoms with Gasteiger partial charge in [0.05, 0.1) is 0 Å². The van der Waals surface area contributed by atoms with E-state index in [-0.39, 0.29) is 0 Å². The van der Waals surface area contributed by atoms with Crippen molar-refractivity contribution in [2.24, 2.45) is 0 Å². The number of fused-ring (bicyclic) bond motifs is 14. The standard InChI is InChI=1S/C52H30/c1-3-9-35-27-47-39(23-33(35)7-1)19-15-31-17-21-41-25-37-11-5-13-43(45(37)29-49(41)51(31)47)44-14-6-12-38-26-42-22-18-32-16-20-40-24-34-8-2-4-10-36(34)28-48(40)52(32)50(42)30-46(38)44/h1-30H. The van der Waals surface area contributed by atoms with Gasteiger partial charge in [0.25, 0.3) is 0 Å². The van der Waals surface area contributed by atoms with E-state index >= 15 is 0 Å². The molecule has 0 fully saturated rings. The van der Waals surface area contributed by atoms with Gasteiger partial charge in [-0.05, 0) is 167 Å². The molecule has 0 saturated carbocycles. The summed E-state index contributed by atoms with van der Waals surface area (Å²) >= 11 is 0. The van der Waals surface area contributed by atoms with Crippen LogP contribution < -0.4 is 0 Å². The highest BCUT2D eigenvalue weighted by Crippen LogP contribution is 2.42. The van der Waals surface area contributed by atoms with Gasteiger partial charge < -0.3 is 0 Å². The van der Waals surface area contributed by atoms with Crippen LogP contribution in [-0.4, -0.2) is 0 Å². The summed E-state index contributed by atoms with van der Waals surface area (Å²) in [6.07, 6.45) is 0. The molecule has 0 unspecified atom stereocenters. The van der Waals surface area contributed by atoms with Crippen molar-refractivity contribution in [3.63, 3.8) is 0 Å². The third-order valence-electron chi connectivity index (χ3n) is 11.7. The first-order chi connectivity index (χ1) is 25.7. The molecule has 238 valence electrons. The number of hydrogen-bond acceptors (Lipinski definition) is 0. The Morgan fingerprint density at radius 2 is 0.462 bits per heavy atom. The number of benzene rings is 12. The van der Waals surface area contributed by atoms with Crippen LogP contribution in [0.25, 0.3) is 119 Å². The van der Waals surface area contributed by atoms with Crippen molar-refractivity contribution in [3.05, 3.63) is 182 Å². The fourth-order valence-electron chi connectivity index (χ4n) is 9.16. The molecule has 0 saturated heterocycles. The number of hydrogen-bond donors (Lipinski definition) is 0. The molecule has 0 heteroatoms. The van der Waals surface area contributed by atoms with Gasteiger partial charge in [0.2, 0.25) is 0 Å². The van der Waals surface area contributed by atoms with Crippen LogP contribution in [0.2, 0.25) is 0 Å². The van der Waals surface area contributed by atoms with Crippen molar-refractivity contribution in [2.75, 3.05) is 0 Å². The van der Waals surface area contributed by atoms with Crippen molar-refractivity contribution in [3.8, 4) is 11.1 Å². The molecule has 0 radical (unpaired) electrons. The first kappa shape index (κ1) is 28.0. The summed E-state index contributed by atoms with van der Waals surface area (Å²) in [5.41, 5.74) is 2.53. The highest BCUT2D eigenvalue weighted by Gasteiger charge is 2.14. The molecule has 0 nitrogen and oxygen atoms in total. The predicted octanol–water partition coefficient (Wildman–Crippen LogP) is 14.9. The van der Waals surface area contributed by atoms with E-state index in [1.54, 1.807) is 0 Å². The smallest absolute Gasteiger partial charge is 0.00264 e. The van der Waals surface area contributed by atoms with Gasteiger partial charge in [-0.1, -0.05) is 133 Å². The molecule has 0 spiro atoms. The highest BCUT2D eigenvalue weighted by atomic mass is 14.2. The average molecular weight is 655 g/mol. The average Bonchev–Trinajstić information content (AvgIpc) is 3.19. The second-order valence-corrected chi connectivity index (χ2v) is 14.5. The summed E-state index contributed by atoms with van der Waals surface area (Å²) in [5.74, 6) is 0. The highest BCUT2D eigenvalue weighted by molar-refractivity contribution is 6.26. The van der Waals surface area contributed by atoms with E-state index in [0.717, 1.165) is 0 Å². The van der Waals surface area contributed by atoms with E-state index in [4.69, 9.17) is 0 Å². The summed E-state index contributed by atoms with van der Waals surface area (Å²) in [7, 11) is 0. The van der Waals surface area contributed by atoms with Crippen molar-refractivity contribution in [1.29, 1.82) is 0 Å². The van der Waals surface area contributed by atoms with Crippen LogP contribution in [0.4, 0.5) is 0 Å². The minimum absolute atomic E-state index is 1.26. The van der Waals surface area contributed by atoms with Crippen LogP contribution in [0.1, 0.15) is 0 Å². The molecule has 0 amide bonds. The van der Waals surface area contributed by atoms with Crippen LogP contribution in [0.3, 0.4) is 0 Å². The zero-order chi connectivity index (χ0) is 33.9. The first-order valence-corrected chi connectivity index (χ1v) is 18.2. The minimum atomic E-state index is 1.26. The zero-order valence-electron chi connectivity index (χ0n) is 28.3. The van der Waals surface area contributed by atoms with Crippen molar-refractivity contribution in [2.45, 2.75) is 0 Å². The Kier molecular flexibility index (Phi) is 5.59. The Labute approximate surface area is 299 Å². The van der Waals surface area contributed by atoms with Gasteiger partial charge in [-0.15, -0.1) is 0 Å². The Bertz CT molecular complexity index is 3270. The van der Waals surface area contributed by atoms with E-state index in [1.807, 2.05) is 0 Å². The van der Waals surface area contributed by atoms with Crippen LogP contribution in [0.15, 0.2) is 182 Å². The van der Waals surface area contributed by atoms with Crippen molar-refractivity contribution in [1.82, 2.24) is 0 Å². The van der Waals surface area contributed by atoms with E-state index in [0.29, 0.717) is 0 Å². The monoisotopic (exact) mass is 654 g/mol. The third kappa shape index (κ3) is 3.98. The molecule has 0 bridgehead atoms. The second-order valence-electron chi connectivity index (χ2n) is 14.5. The molecule has 12 aromatic rings. The molecule has 0 aliphatic carbocycles. The second kappa shape index (κ2) is 10.4. The summed E-state index contributed by atoms with van der Waals surface area (Å²) in [6.45, 7) is 0. The molecule has 0 N–H and O–H groups in total. The van der Waals surface area contributed by atoms with Crippen molar-refractivity contribution < 1.29 is 0 Å². The topological polar surface area (TPSA) is 0 Å². The predicted molar refractivity (Wildman–Crippen MR) is 227 cm³/mol. The Hall–Kier alpha value is -6.76. The minimum Gasteiger partial charge on any atom is -0.0616 e. The molecular weight excluding hydrogens is 625 g/mol. The lowest BCUT2D eigenvalue weighted by atomic mass is 9.88. The summed E-state index contributed by atoms with van der Waals surface area (Å²) in [4.78, 5) is 0. The van der Waals surface area contributed by atoms with Crippen LogP contribution in [0.5, 0.6) is 0 Å². The van der Waals surface area contributed by atoms with Gasteiger partial charge in [0.15, 0.2) is 0 Å². The molecule has 12 rings (SSSR count). The van der Waals surface area contributed by atoms with E-state index in [1.165, 1.54) is 119 Å². The van der Waals surface area contributed by atoms with Crippen LogP contribution >= 0.6 is 0 Å². The maximum atomic E-state index is 2.46. The molecule has 0 aliphatic rings. The van der Waals surface area contributed by atoms with Crippen molar-refractivity contribution >= 4 is 108 Å². The quantitative estimate of drug-likeness (QED) is 0.122. The largest absolute Gasteiger partial charge is 0.0616 e. The molecule has 0 heterocycles. The van der Waals surface area contributed by atoms with E-state index in [2.05, 4.69) is 182 Å². The summed E-state index contributed by atoms with van der Waals surface area (Å²) in [5, 5.41) is 25.7. The van der Waals surface area contributed by atoms with Gasteiger partial charge in [-0.2, -0.15) is 0 Å². The van der Waals surface area contributed by atoms with Gasteiger partial charge >= 0.3 is 0 Å². The van der Waals surface area contributed by atoms with Crippen LogP contribution in [0, 0.1) is 0 Å². The molecule has 52 heavy (non-hydrogen) atoms. The van der Waals surface area contributed by atoms with E-state index < -0.39 is 0 Å². The van der Waals surface area contributed by atoms with Gasteiger partial charge in [0, 0.05) is 0 Å². The number of rotatable bonds is 1. The SMILES string of the molecule is c1ccc2cc3c(ccc4ccc5cc6cccc(-c7cccc8cc9ccc%10ccc%11cc%12ccccc%12cc%11c%10c9cc78)c6cc5c43)cc2c1. The first-order valence-electron chi connectivity index (χ1n) is 18.2. The summed E-state index contributed by atoms with van der Waals surface area (Å²) < 4.78 is 0. The lowest BCUT2D eigenvalue weighted by Crippen LogP contribution is -1.88. The fourth-order valence-corrected chi connectivity index (χ4v) is 9.16. The normalized spacial score (nSPS) is 12.2. The maximum Gasteiger partial charge on any atom is -0.00264 e. The van der Waals surface area contributed by atoms with Gasteiger partial charge in [-0.3, -0.25) is 0 Å². The van der Waals surface area contributed by atoms with Crippen LogP contribution in [-0.2, 0) is 0 Å². The lowest BCUT2D eigenvalue weighted by Gasteiger charge is -2.15. The molecule has 12 aromatic carbocycles. The Morgan fingerprint density at radius 3 is 0.865 bits per heavy atom. The lowest BCUT2D eigenvalue weighted by molar-refractivity contribution is 1.71. The third-order valence-corrected chi connectivity index (χ3v) is 11.7. The summed E-state index contributed by atoms with van der Waals surface area (Å²) in [6, 6.07) is 68.4. The maximum absolute atomic E-state index is 2.46. The Balaban J connectivity index is 1.16. The Morgan fingerprint density at radius 1 is 0.173 bits per heavy atom. The molecule has 0 atom stereocenters. The fraction of sp³-hybridized carbons (Fsp3) is 0.